The minimum Gasteiger partial charge on any atom is -0.244 e. The Bertz CT molecular complexity index is 266. The van der Waals surface area contributed by atoms with E-state index in [4.69, 9.17) is 11.6 Å². The Labute approximate surface area is 80.7 Å². The van der Waals surface area contributed by atoms with Crippen LogP contribution in [0.3, 0.4) is 0 Å². The zero-order valence-electron chi connectivity index (χ0n) is 7.23. The molecule has 13 heavy (non-hydrogen) atoms. The van der Waals surface area contributed by atoms with Crippen LogP contribution in [0.2, 0.25) is 5.15 Å². The first-order valence-electron chi connectivity index (χ1n) is 3.96. The number of alkyl halides is 2. The van der Waals surface area contributed by atoms with Crippen molar-refractivity contribution in [2.45, 2.75) is 25.7 Å². The lowest BCUT2D eigenvalue weighted by Crippen LogP contribution is -2.10. The average Bonchev–Trinajstić information content (AvgIpc) is 2.02. The second-order valence-corrected chi connectivity index (χ2v) is 3.45. The summed E-state index contributed by atoms with van der Waals surface area (Å²) in [6.45, 7) is 0.913. The summed E-state index contributed by atoms with van der Waals surface area (Å²) in [5.74, 6) is -2.61. The van der Waals surface area contributed by atoms with Crippen LogP contribution >= 0.6 is 11.6 Å². The lowest BCUT2D eigenvalue weighted by atomic mass is 10.1. The molecule has 0 amide bonds. The van der Waals surface area contributed by atoms with E-state index in [1.807, 2.05) is 0 Å². The standard InChI is InChI=1S/C9H10ClF2N/c1-9(11,12)5-4-7-2-3-8(10)13-6-7/h2-3,6H,4-5H2,1H3. The molecule has 0 unspecified atom stereocenters. The van der Waals surface area contributed by atoms with Crippen molar-refractivity contribution in [3.05, 3.63) is 29.0 Å². The summed E-state index contributed by atoms with van der Waals surface area (Å²) in [6, 6.07) is 3.31. The number of hydrogen-bond acceptors (Lipinski definition) is 1. The van der Waals surface area contributed by atoms with E-state index in [2.05, 4.69) is 4.98 Å². The van der Waals surface area contributed by atoms with Gasteiger partial charge in [-0.15, -0.1) is 0 Å². The summed E-state index contributed by atoms with van der Waals surface area (Å²) in [6.07, 6.45) is 1.69. The van der Waals surface area contributed by atoms with Crippen molar-refractivity contribution in [1.82, 2.24) is 4.98 Å². The van der Waals surface area contributed by atoms with E-state index in [1.54, 1.807) is 12.1 Å². The van der Waals surface area contributed by atoms with E-state index >= 15 is 0 Å². The van der Waals surface area contributed by atoms with Gasteiger partial charge in [0.1, 0.15) is 5.15 Å². The van der Waals surface area contributed by atoms with Gasteiger partial charge in [0.05, 0.1) is 0 Å². The van der Waals surface area contributed by atoms with Crippen LogP contribution in [-0.2, 0) is 6.42 Å². The largest absolute Gasteiger partial charge is 0.245 e. The third-order valence-electron chi connectivity index (χ3n) is 1.64. The van der Waals surface area contributed by atoms with Crippen molar-refractivity contribution in [2.75, 3.05) is 0 Å². The number of nitrogens with zero attached hydrogens (tertiary/aromatic N) is 1. The first-order valence-corrected chi connectivity index (χ1v) is 4.33. The molecule has 0 radical (unpaired) electrons. The third kappa shape index (κ3) is 4.18. The number of aryl methyl sites for hydroxylation is 1. The van der Waals surface area contributed by atoms with E-state index in [9.17, 15) is 8.78 Å². The van der Waals surface area contributed by atoms with E-state index in [0.717, 1.165) is 12.5 Å². The number of rotatable bonds is 3. The maximum atomic E-state index is 12.4. The fraction of sp³-hybridized carbons (Fsp3) is 0.444. The molecule has 0 spiro atoms. The van der Waals surface area contributed by atoms with Gasteiger partial charge in [0, 0.05) is 12.6 Å². The Kier molecular flexibility index (Phi) is 3.20. The molecule has 0 aliphatic carbocycles. The summed E-state index contributed by atoms with van der Waals surface area (Å²) in [5.41, 5.74) is 0.783. The Morgan fingerprint density at radius 2 is 2.15 bits per heavy atom. The molecule has 0 aliphatic rings. The molecule has 0 aromatic carbocycles. The fourth-order valence-corrected chi connectivity index (χ4v) is 1.03. The van der Waals surface area contributed by atoms with Gasteiger partial charge in [-0.3, -0.25) is 0 Å². The van der Waals surface area contributed by atoms with Crippen molar-refractivity contribution in [3.63, 3.8) is 0 Å². The number of halogens is 3. The Balaban J connectivity index is 2.51. The van der Waals surface area contributed by atoms with E-state index in [-0.39, 0.29) is 6.42 Å². The van der Waals surface area contributed by atoms with Crippen LogP contribution in [-0.4, -0.2) is 10.9 Å². The summed E-state index contributed by atoms with van der Waals surface area (Å²) >= 11 is 5.54. The van der Waals surface area contributed by atoms with Gasteiger partial charge in [0.2, 0.25) is 5.92 Å². The van der Waals surface area contributed by atoms with Crippen LogP contribution in [0.5, 0.6) is 0 Å². The molecule has 1 aromatic heterocycles. The van der Waals surface area contributed by atoms with Gasteiger partial charge in [-0.05, 0) is 25.0 Å². The van der Waals surface area contributed by atoms with Crippen molar-refractivity contribution in [3.8, 4) is 0 Å². The third-order valence-corrected chi connectivity index (χ3v) is 1.86. The van der Waals surface area contributed by atoms with Crippen molar-refractivity contribution in [1.29, 1.82) is 0 Å². The van der Waals surface area contributed by atoms with Gasteiger partial charge in [-0.1, -0.05) is 17.7 Å². The summed E-state index contributed by atoms with van der Waals surface area (Å²) in [4.78, 5) is 3.80. The van der Waals surface area contributed by atoms with Gasteiger partial charge >= 0.3 is 0 Å². The van der Waals surface area contributed by atoms with Crippen LogP contribution < -0.4 is 0 Å². The van der Waals surface area contributed by atoms with Crippen molar-refractivity contribution in [2.24, 2.45) is 0 Å². The number of aromatic nitrogens is 1. The topological polar surface area (TPSA) is 12.9 Å². The maximum absolute atomic E-state index is 12.4. The predicted molar refractivity (Wildman–Crippen MR) is 48.2 cm³/mol. The monoisotopic (exact) mass is 205 g/mol. The Hall–Kier alpha value is -0.700. The minimum atomic E-state index is -2.61. The van der Waals surface area contributed by atoms with Crippen LogP contribution in [0.4, 0.5) is 8.78 Å². The smallest absolute Gasteiger partial charge is 0.244 e. The van der Waals surface area contributed by atoms with Crippen molar-refractivity contribution >= 4 is 11.6 Å². The van der Waals surface area contributed by atoms with Gasteiger partial charge in [0.25, 0.3) is 0 Å². The molecule has 1 aromatic rings. The van der Waals surface area contributed by atoms with E-state index < -0.39 is 5.92 Å². The molecular formula is C9H10ClF2N. The quantitative estimate of drug-likeness (QED) is 0.690. The lowest BCUT2D eigenvalue weighted by Gasteiger charge is -2.08. The molecule has 0 saturated heterocycles. The summed E-state index contributed by atoms with van der Waals surface area (Å²) in [5, 5.41) is 0.381. The van der Waals surface area contributed by atoms with Crippen molar-refractivity contribution < 1.29 is 8.78 Å². The number of pyridine rings is 1. The molecule has 72 valence electrons. The minimum absolute atomic E-state index is 0.156. The predicted octanol–water partition coefficient (Wildman–Crippen LogP) is 3.32. The van der Waals surface area contributed by atoms with Gasteiger partial charge in [-0.25, -0.2) is 13.8 Å². The highest BCUT2D eigenvalue weighted by Gasteiger charge is 2.20. The van der Waals surface area contributed by atoms with Crippen LogP contribution in [0.1, 0.15) is 18.9 Å². The fourth-order valence-electron chi connectivity index (χ4n) is 0.918. The molecule has 1 heterocycles. The highest BCUT2D eigenvalue weighted by molar-refractivity contribution is 6.29. The Morgan fingerprint density at radius 1 is 1.46 bits per heavy atom. The zero-order chi connectivity index (χ0) is 9.90. The summed E-state index contributed by atoms with van der Waals surface area (Å²) < 4.78 is 24.9. The Morgan fingerprint density at radius 3 is 2.62 bits per heavy atom. The molecule has 4 heteroatoms. The van der Waals surface area contributed by atoms with Crippen LogP contribution in [0, 0.1) is 0 Å². The first-order chi connectivity index (χ1) is 5.97. The van der Waals surface area contributed by atoms with E-state index in [1.165, 1.54) is 6.20 Å². The molecule has 0 atom stereocenters. The average molecular weight is 206 g/mol. The molecule has 1 nitrogen and oxygen atoms in total. The van der Waals surface area contributed by atoms with E-state index in [0.29, 0.717) is 11.6 Å². The van der Waals surface area contributed by atoms with Gasteiger partial charge in [0.15, 0.2) is 0 Å². The highest BCUT2D eigenvalue weighted by atomic mass is 35.5. The lowest BCUT2D eigenvalue weighted by molar-refractivity contribution is 0.0133. The summed E-state index contributed by atoms with van der Waals surface area (Å²) in [7, 11) is 0. The molecule has 0 fully saturated rings. The maximum Gasteiger partial charge on any atom is 0.245 e. The van der Waals surface area contributed by atoms with Gasteiger partial charge < -0.3 is 0 Å². The van der Waals surface area contributed by atoms with Crippen LogP contribution in [0.25, 0.3) is 0 Å². The second-order valence-electron chi connectivity index (χ2n) is 3.06. The molecule has 0 bridgehead atoms. The molecule has 0 aliphatic heterocycles. The normalized spacial score (nSPS) is 11.7. The van der Waals surface area contributed by atoms with Crippen LogP contribution in [0.15, 0.2) is 18.3 Å². The highest BCUT2D eigenvalue weighted by Crippen LogP contribution is 2.19. The zero-order valence-corrected chi connectivity index (χ0v) is 7.98. The number of hydrogen-bond donors (Lipinski definition) is 0. The molecule has 1 rings (SSSR count). The van der Waals surface area contributed by atoms with Gasteiger partial charge in [-0.2, -0.15) is 0 Å². The molecule has 0 N–H and O–H groups in total. The molecular weight excluding hydrogens is 196 g/mol. The second kappa shape index (κ2) is 4.01. The molecule has 0 saturated carbocycles. The SMILES string of the molecule is CC(F)(F)CCc1ccc(Cl)nc1. The first kappa shape index (κ1) is 10.4.